The van der Waals surface area contributed by atoms with Crippen molar-refractivity contribution < 1.29 is 4.74 Å². The molecule has 0 radical (unpaired) electrons. The van der Waals surface area contributed by atoms with Crippen LogP contribution in [0.5, 0.6) is 5.75 Å². The summed E-state index contributed by atoms with van der Waals surface area (Å²) < 4.78 is 6.99. The Kier molecular flexibility index (Phi) is 4.24. The Morgan fingerprint density at radius 1 is 1.44 bits per heavy atom. The number of hydrogen-bond acceptors (Lipinski definition) is 2. The standard InChI is InChI=1S/C13H18BrNO/c1-15-8-7-11-3-2-4-12(14)13(11)16-9-10-5-6-10/h2-4,10,15H,5-9H2,1H3. The van der Waals surface area contributed by atoms with Crippen molar-refractivity contribution in [1.29, 1.82) is 0 Å². The Balaban J connectivity index is 2.04. The molecule has 1 aromatic rings. The SMILES string of the molecule is CNCCc1cccc(Br)c1OCC1CC1. The van der Waals surface area contributed by atoms with Gasteiger partial charge in [0.2, 0.25) is 0 Å². The van der Waals surface area contributed by atoms with Crippen molar-refractivity contribution in [2.45, 2.75) is 19.3 Å². The average molecular weight is 284 g/mol. The Morgan fingerprint density at radius 2 is 2.25 bits per heavy atom. The van der Waals surface area contributed by atoms with E-state index in [2.05, 4.69) is 33.4 Å². The van der Waals surface area contributed by atoms with Crippen molar-refractivity contribution in [2.24, 2.45) is 5.92 Å². The largest absolute Gasteiger partial charge is 0.492 e. The maximum atomic E-state index is 5.91. The highest BCUT2D eigenvalue weighted by Gasteiger charge is 2.22. The molecule has 0 heterocycles. The summed E-state index contributed by atoms with van der Waals surface area (Å²) in [6.45, 7) is 1.85. The molecule has 1 aliphatic carbocycles. The Hall–Kier alpha value is -0.540. The summed E-state index contributed by atoms with van der Waals surface area (Å²) in [5.74, 6) is 1.83. The molecule has 0 spiro atoms. The first-order valence-electron chi connectivity index (χ1n) is 5.86. The minimum Gasteiger partial charge on any atom is -0.492 e. The van der Waals surface area contributed by atoms with Crippen LogP contribution >= 0.6 is 15.9 Å². The molecule has 0 aromatic heterocycles. The molecule has 1 fully saturated rings. The van der Waals surface area contributed by atoms with Gasteiger partial charge >= 0.3 is 0 Å². The van der Waals surface area contributed by atoms with Crippen molar-refractivity contribution >= 4 is 15.9 Å². The summed E-state index contributed by atoms with van der Waals surface area (Å²) >= 11 is 3.56. The monoisotopic (exact) mass is 283 g/mol. The maximum Gasteiger partial charge on any atom is 0.136 e. The summed E-state index contributed by atoms with van der Waals surface area (Å²) in [5, 5.41) is 3.17. The minimum atomic E-state index is 0.796. The van der Waals surface area contributed by atoms with Crippen LogP contribution in [0.2, 0.25) is 0 Å². The van der Waals surface area contributed by atoms with Crippen LogP contribution in [0, 0.1) is 5.92 Å². The molecule has 0 saturated heterocycles. The van der Waals surface area contributed by atoms with E-state index in [0.29, 0.717) is 0 Å². The van der Waals surface area contributed by atoms with Gasteiger partial charge in [0.15, 0.2) is 0 Å². The fraction of sp³-hybridized carbons (Fsp3) is 0.538. The number of likely N-dealkylation sites (N-methyl/N-ethyl adjacent to an activating group) is 1. The van der Waals surface area contributed by atoms with Crippen molar-refractivity contribution in [1.82, 2.24) is 5.32 Å². The Bertz CT molecular complexity index is 350. The zero-order valence-electron chi connectivity index (χ0n) is 9.63. The third kappa shape index (κ3) is 3.22. The Labute approximate surface area is 106 Å². The number of hydrogen-bond donors (Lipinski definition) is 1. The molecule has 2 nitrogen and oxygen atoms in total. The van der Waals surface area contributed by atoms with Gasteiger partial charge < -0.3 is 10.1 Å². The topological polar surface area (TPSA) is 21.3 Å². The predicted molar refractivity (Wildman–Crippen MR) is 70.0 cm³/mol. The molecule has 1 aliphatic rings. The summed E-state index contributed by atoms with van der Waals surface area (Å²) in [7, 11) is 1.97. The molecular weight excluding hydrogens is 266 g/mol. The second-order valence-corrected chi connectivity index (χ2v) is 5.19. The van der Waals surface area contributed by atoms with E-state index in [-0.39, 0.29) is 0 Å². The van der Waals surface area contributed by atoms with Crippen molar-refractivity contribution in [3.05, 3.63) is 28.2 Å². The lowest BCUT2D eigenvalue weighted by molar-refractivity contribution is 0.295. The summed E-state index contributed by atoms with van der Waals surface area (Å²) in [6.07, 6.45) is 3.67. The zero-order chi connectivity index (χ0) is 11.4. The summed E-state index contributed by atoms with van der Waals surface area (Å²) in [4.78, 5) is 0. The first-order chi connectivity index (χ1) is 7.81. The first kappa shape index (κ1) is 11.9. The molecule has 3 heteroatoms. The highest BCUT2D eigenvalue weighted by Crippen LogP contribution is 2.33. The Morgan fingerprint density at radius 3 is 2.94 bits per heavy atom. The van der Waals surface area contributed by atoms with E-state index in [9.17, 15) is 0 Å². The van der Waals surface area contributed by atoms with E-state index in [1.807, 2.05) is 13.1 Å². The van der Waals surface area contributed by atoms with Gasteiger partial charge in [0.1, 0.15) is 5.75 Å². The first-order valence-corrected chi connectivity index (χ1v) is 6.65. The number of rotatable bonds is 6. The maximum absolute atomic E-state index is 5.91. The number of para-hydroxylation sites is 1. The minimum absolute atomic E-state index is 0.796. The summed E-state index contributed by atoms with van der Waals surface area (Å²) in [6, 6.07) is 6.26. The quantitative estimate of drug-likeness (QED) is 0.867. The third-order valence-corrected chi connectivity index (χ3v) is 3.48. The van der Waals surface area contributed by atoms with Crippen LogP contribution in [0.15, 0.2) is 22.7 Å². The smallest absolute Gasteiger partial charge is 0.136 e. The molecule has 0 atom stereocenters. The zero-order valence-corrected chi connectivity index (χ0v) is 11.2. The van der Waals surface area contributed by atoms with Gasteiger partial charge in [-0.05, 0) is 66.3 Å². The fourth-order valence-corrected chi connectivity index (χ4v) is 2.18. The van der Waals surface area contributed by atoms with E-state index in [1.54, 1.807) is 0 Å². The number of nitrogens with one attached hydrogen (secondary N) is 1. The van der Waals surface area contributed by atoms with E-state index >= 15 is 0 Å². The van der Waals surface area contributed by atoms with Crippen molar-refractivity contribution in [3.8, 4) is 5.75 Å². The fourth-order valence-electron chi connectivity index (χ4n) is 1.66. The second kappa shape index (κ2) is 5.69. The van der Waals surface area contributed by atoms with Crippen LogP contribution in [-0.2, 0) is 6.42 Å². The lowest BCUT2D eigenvalue weighted by Crippen LogP contribution is -2.11. The normalized spacial score (nSPS) is 15.1. The predicted octanol–water partition coefficient (Wildman–Crippen LogP) is 3.00. The number of benzene rings is 1. The van der Waals surface area contributed by atoms with Gasteiger partial charge in [0.25, 0.3) is 0 Å². The van der Waals surface area contributed by atoms with Gasteiger partial charge in [-0.15, -0.1) is 0 Å². The second-order valence-electron chi connectivity index (χ2n) is 4.34. The van der Waals surface area contributed by atoms with Gasteiger partial charge in [-0.25, -0.2) is 0 Å². The molecule has 0 unspecified atom stereocenters. The molecule has 1 saturated carbocycles. The van der Waals surface area contributed by atoms with Crippen LogP contribution in [0.4, 0.5) is 0 Å². The lowest BCUT2D eigenvalue weighted by atomic mass is 10.1. The molecular formula is C13H18BrNO. The van der Waals surface area contributed by atoms with Gasteiger partial charge in [0.05, 0.1) is 11.1 Å². The third-order valence-electron chi connectivity index (χ3n) is 2.85. The molecule has 88 valence electrons. The van der Waals surface area contributed by atoms with Crippen LogP contribution < -0.4 is 10.1 Å². The van der Waals surface area contributed by atoms with Gasteiger partial charge in [-0.3, -0.25) is 0 Å². The van der Waals surface area contributed by atoms with Crippen LogP contribution in [0.3, 0.4) is 0 Å². The summed E-state index contributed by atoms with van der Waals surface area (Å²) in [5.41, 5.74) is 1.28. The van der Waals surface area contributed by atoms with Crippen LogP contribution in [0.25, 0.3) is 0 Å². The van der Waals surface area contributed by atoms with Crippen LogP contribution in [0.1, 0.15) is 18.4 Å². The van der Waals surface area contributed by atoms with Gasteiger partial charge in [0, 0.05) is 0 Å². The molecule has 2 rings (SSSR count). The molecule has 16 heavy (non-hydrogen) atoms. The molecule has 0 bridgehead atoms. The van der Waals surface area contributed by atoms with E-state index in [1.165, 1.54) is 18.4 Å². The molecule has 0 aliphatic heterocycles. The van der Waals surface area contributed by atoms with E-state index in [0.717, 1.165) is 35.7 Å². The van der Waals surface area contributed by atoms with E-state index in [4.69, 9.17) is 4.74 Å². The average Bonchev–Trinajstić information content (AvgIpc) is 3.09. The van der Waals surface area contributed by atoms with E-state index < -0.39 is 0 Å². The molecule has 1 aromatic carbocycles. The molecule has 1 N–H and O–H groups in total. The highest BCUT2D eigenvalue weighted by molar-refractivity contribution is 9.10. The van der Waals surface area contributed by atoms with Gasteiger partial charge in [-0.1, -0.05) is 12.1 Å². The highest BCUT2D eigenvalue weighted by atomic mass is 79.9. The lowest BCUT2D eigenvalue weighted by Gasteiger charge is -2.13. The van der Waals surface area contributed by atoms with Gasteiger partial charge in [-0.2, -0.15) is 0 Å². The van der Waals surface area contributed by atoms with Crippen molar-refractivity contribution in [2.75, 3.05) is 20.2 Å². The van der Waals surface area contributed by atoms with Crippen molar-refractivity contribution in [3.63, 3.8) is 0 Å². The van der Waals surface area contributed by atoms with Crippen LogP contribution in [-0.4, -0.2) is 20.2 Å². The number of ether oxygens (including phenoxy) is 1. The number of halogens is 1. The molecule has 0 amide bonds.